The van der Waals surface area contributed by atoms with Gasteiger partial charge in [0.05, 0.1) is 17.3 Å². The minimum absolute atomic E-state index is 0.591. The number of rotatable bonds is 2. The molecule has 1 N–H and O–H groups in total. The van der Waals surface area contributed by atoms with E-state index in [9.17, 15) is 0 Å². The molecule has 1 aliphatic rings. The summed E-state index contributed by atoms with van der Waals surface area (Å²) < 4.78 is 0. The zero-order valence-corrected chi connectivity index (χ0v) is 11.2. The second kappa shape index (κ2) is 5.30. The Kier molecular flexibility index (Phi) is 4.00. The summed E-state index contributed by atoms with van der Waals surface area (Å²) in [5.74, 6) is 0. The fourth-order valence-corrected chi connectivity index (χ4v) is 2.81. The quantitative estimate of drug-likeness (QED) is 0.870. The average molecular weight is 275 g/mol. The predicted molar refractivity (Wildman–Crippen MR) is 74.1 cm³/mol. The van der Waals surface area contributed by atoms with Crippen molar-refractivity contribution in [3.63, 3.8) is 0 Å². The van der Waals surface area contributed by atoms with Crippen molar-refractivity contribution in [3.8, 4) is 0 Å². The van der Waals surface area contributed by atoms with Gasteiger partial charge in [-0.2, -0.15) is 0 Å². The van der Waals surface area contributed by atoms with Crippen LogP contribution < -0.4 is 5.32 Å². The van der Waals surface area contributed by atoms with E-state index in [0.29, 0.717) is 15.3 Å². The summed E-state index contributed by atoms with van der Waals surface area (Å²) in [6.45, 7) is 3.06. The molecule has 1 unspecified atom stereocenters. The molecule has 0 saturated heterocycles. The first-order valence-electron chi connectivity index (χ1n) is 5.12. The predicted octanol–water partition coefficient (Wildman–Crippen LogP) is 4.29. The van der Waals surface area contributed by atoms with Gasteiger partial charge in [-0.3, -0.25) is 4.99 Å². The normalized spacial score (nSPS) is 19.7. The van der Waals surface area contributed by atoms with Gasteiger partial charge in [-0.1, -0.05) is 41.9 Å². The number of nitrogens with zero attached hydrogens (tertiary/aromatic N) is 1. The lowest BCUT2D eigenvalue weighted by atomic mass is 10.3. The summed E-state index contributed by atoms with van der Waals surface area (Å²) in [4.78, 5) is 4.42. The van der Waals surface area contributed by atoms with Crippen molar-refractivity contribution in [1.29, 1.82) is 0 Å². The molecule has 1 atom stereocenters. The van der Waals surface area contributed by atoms with E-state index in [1.165, 1.54) is 0 Å². The summed E-state index contributed by atoms with van der Waals surface area (Å²) in [6.07, 6.45) is 1.13. The van der Waals surface area contributed by atoms with Crippen LogP contribution in [0.15, 0.2) is 23.2 Å². The maximum absolute atomic E-state index is 6.07. The Hall–Kier alpha value is -0.380. The van der Waals surface area contributed by atoms with Gasteiger partial charge < -0.3 is 5.32 Å². The molecule has 0 bridgehead atoms. The Morgan fingerprint density at radius 3 is 2.94 bits per heavy atom. The summed E-state index contributed by atoms with van der Waals surface area (Å²) in [5.41, 5.74) is 0.856. The van der Waals surface area contributed by atoms with Gasteiger partial charge in [0.2, 0.25) is 0 Å². The van der Waals surface area contributed by atoms with Gasteiger partial charge in [0, 0.05) is 10.3 Å². The maximum atomic E-state index is 6.07. The minimum Gasteiger partial charge on any atom is -0.334 e. The number of hydrogen-bond acceptors (Lipinski definition) is 3. The van der Waals surface area contributed by atoms with Crippen LogP contribution in [0.5, 0.6) is 0 Å². The van der Waals surface area contributed by atoms with Gasteiger partial charge >= 0.3 is 0 Å². The molecule has 2 nitrogen and oxygen atoms in total. The first-order chi connectivity index (χ1) is 7.69. The Morgan fingerprint density at radius 1 is 1.50 bits per heavy atom. The van der Waals surface area contributed by atoms with Gasteiger partial charge in [-0.25, -0.2) is 0 Å². The maximum Gasteiger partial charge on any atom is 0.161 e. The highest BCUT2D eigenvalue weighted by Crippen LogP contribution is 2.29. The molecule has 0 radical (unpaired) electrons. The topological polar surface area (TPSA) is 24.4 Å². The third kappa shape index (κ3) is 2.84. The van der Waals surface area contributed by atoms with Crippen molar-refractivity contribution >= 4 is 45.8 Å². The fourth-order valence-electron chi connectivity index (χ4n) is 1.40. The molecule has 2 rings (SSSR count). The summed E-state index contributed by atoms with van der Waals surface area (Å²) in [7, 11) is 0. The number of benzene rings is 1. The molecular formula is C11H12Cl2N2S. The fraction of sp³-hybridized carbons (Fsp3) is 0.364. The lowest BCUT2D eigenvalue weighted by Gasteiger charge is -2.08. The molecule has 0 fully saturated rings. The van der Waals surface area contributed by atoms with Gasteiger partial charge in [-0.15, -0.1) is 0 Å². The minimum atomic E-state index is 0.591. The Balaban J connectivity index is 2.05. The van der Waals surface area contributed by atoms with Crippen molar-refractivity contribution in [2.75, 3.05) is 11.9 Å². The van der Waals surface area contributed by atoms with E-state index >= 15 is 0 Å². The summed E-state index contributed by atoms with van der Waals surface area (Å²) in [6, 6.07) is 5.41. The lowest BCUT2D eigenvalue weighted by molar-refractivity contribution is 0.843. The van der Waals surface area contributed by atoms with Crippen molar-refractivity contribution in [2.45, 2.75) is 18.6 Å². The molecule has 5 heteroatoms. The first kappa shape index (κ1) is 12.1. The summed E-state index contributed by atoms with van der Waals surface area (Å²) >= 11 is 13.7. The monoisotopic (exact) mass is 274 g/mol. The standard InChI is InChI=1S/C11H12Cl2N2S/c1-2-8-6-14-11(16-8)15-10-4-3-7(12)5-9(10)13/h3-5,8H,2,6H2,1H3,(H,14,15). The number of amidine groups is 1. The number of anilines is 1. The number of hydrogen-bond donors (Lipinski definition) is 1. The van der Waals surface area contributed by atoms with Crippen molar-refractivity contribution < 1.29 is 0 Å². The molecule has 0 amide bonds. The Labute approximate surface area is 109 Å². The highest BCUT2D eigenvalue weighted by molar-refractivity contribution is 8.15. The first-order valence-corrected chi connectivity index (χ1v) is 6.75. The van der Waals surface area contributed by atoms with E-state index in [0.717, 1.165) is 23.8 Å². The molecular weight excluding hydrogens is 263 g/mol. The Morgan fingerprint density at radius 2 is 2.31 bits per heavy atom. The van der Waals surface area contributed by atoms with Gasteiger partial charge in [0.25, 0.3) is 0 Å². The van der Waals surface area contributed by atoms with Crippen LogP contribution in [0.4, 0.5) is 5.69 Å². The molecule has 0 aromatic heterocycles. The zero-order valence-electron chi connectivity index (χ0n) is 8.84. The van der Waals surface area contributed by atoms with E-state index in [1.807, 2.05) is 12.1 Å². The van der Waals surface area contributed by atoms with E-state index in [1.54, 1.807) is 17.8 Å². The Bertz CT molecular complexity index is 420. The van der Waals surface area contributed by atoms with Crippen LogP contribution in [0.3, 0.4) is 0 Å². The molecule has 1 heterocycles. The highest BCUT2D eigenvalue weighted by atomic mass is 35.5. The van der Waals surface area contributed by atoms with Gasteiger partial charge in [0.1, 0.15) is 0 Å². The second-order valence-electron chi connectivity index (χ2n) is 3.54. The molecule has 0 spiro atoms. The molecule has 1 aliphatic heterocycles. The van der Waals surface area contributed by atoms with Crippen molar-refractivity contribution in [3.05, 3.63) is 28.2 Å². The molecule has 16 heavy (non-hydrogen) atoms. The number of halogens is 2. The molecule has 86 valence electrons. The van der Waals surface area contributed by atoms with Crippen LogP contribution >= 0.6 is 35.0 Å². The zero-order chi connectivity index (χ0) is 11.5. The molecule has 1 aromatic rings. The number of aliphatic imine (C=N–C) groups is 1. The molecule has 1 aromatic carbocycles. The van der Waals surface area contributed by atoms with Crippen molar-refractivity contribution in [2.24, 2.45) is 4.99 Å². The number of thioether (sulfide) groups is 1. The van der Waals surface area contributed by atoms with Crippen LogP contribution in [0.25, 0.3) is 0 Å². The molecule has 0 aliphatic carbocycles. The SMILES string of the molecule is CCC1CN=C(Nc2ccc(Cl)cc2Cl)S1. The number of nitrogens with one attached hydrogen (secondary N) is 1. The summed E-state index contributed by atoms with van der Waals surface area (Å²) in [5, 5.41) is 6.02. The molecule has 0 saturated carbocycles. The smallest absolute Gasteiger partial charge is 0.161 e. The second-order valence-corrected chi connectivity index (χ2v) is 5.68. The average Bonchev–Trinajstić information content (AvgIpc) is 2.70. The third-order valence-corrected chi connectivity index (χ3v) is 4.16. The van der Waals surface area contributed by atoms with Crippen LogP contribution in [0.1, 0.15) is 13.3 Å². The van der Waals surface area contributed by atoms with Crippen LogP contribution in [0, 0.1) is 0 Å². The van der Waals surface area contributed by atoms with E-state index in [-0.39, 0.29) is 0 Å². The largest absolute Gasteiger partial charge is 0.334 e. The van der Waals surface area contributed by atoms with E-state index in [4.69, 9.17) is 23.2 Å². The van der Waals surface area contributed by atoms with E-state index in [2.05, 4.69) is 17.2 Å². The van der Waals surface area contributed by atoms with Crippen molar-refractivity contribution in [1.82, 2.24) is 0 Å². The van der Waals surface area contributed by atoms with E-state index < -0.39 is 0 Å². The third-order valence-electron chi connectivity index (χ3n) is 2.34. The van der Waals surface area contributed by atoms with Crippen LogP contribution in [0.2, 0.25) is 10.0 Å². The lowest BCUT2D eigenvalue weighted by Crippen LogP contribution is -2.07. The van der Waals surface area contributed by atoms with Gasteiger partial charge in [0.15, 0.2) is 5.17 Å². The van der Waals surface area contributed by atoms with Crippen LogP contribution in [-0.2, 0) is 0 Å². The van der Waals surface area contributed by atoms with Crippen LogP contribution in [-0.4, -0.2) is 17.0 Å². The van der Waals surface area contributed by atoms with Gasteiger partial charge in [-0.05, 0) is 24.6 Å². The highest BCUT2D eigenvalue weighted by Gasteiger charge is 2.18.